The van der Waals surface area contributed by atoms with Gasteiger partial charge in [0.15, 0.2) is 0 Å². The first-order valence-electron chi connectivity index (χ1n) is 27.7. The van der Waals surface area contributed by atoms with E-state index in [4.69, 9.17) is 4.74 Å². The van der Waals surface area contributed by atoms with Crippen molar-refractivity contribution in [3.63, 3.8) is 0 Å². The molecule has 3 N–H and O–H groups in total. The van der Waals surface area contributed by atoms with Gasteiger partial charge in [-0.25, -0.2) is 0 Å². The molecule has 0 aromatic carbocycles. The lowest BCUT2D eigenvalue weighted by Gasteiger charge is -2.24. The summed E-state index contributed by atoms with van der Waals surface area (Å²) in [6.07, 6.45) is 60.6. The molecule has 0 aromatic rings. The van der Waals surface area contributed by atoms with Crippen LogP contribution in [0.1, 0.15) is 290 Å². The molecule has 0 rings (SSSR count). The average molecular weight is 886 g/mol. The predicted molar refractivity (Wildman–Crippen MR) is 273 cm³/mol. The molecule has 0 aliphatic carbocycles. The van der Waals surface area contributed by atoms with Gasteiger partial charge in [0, 0.05) is 6.42 Å². The first kappa shape index (κ1) is 61.1. The SMILES string of the molecule is CCCCCC/C=C\CCCCCCCC(CC(=O)NC(CO)C(O)CCCCCCCCCCCCCCC)OC(=O)CCCCCCC/C=C/C=C/CCCCCCCCC. The second-order valence-corrected chi connectivity index (χ2v) is 19.0. The van der Waals surface area contributed by atoms with E-state index in [-0.39, 0.29) is 24.9 Å². The highest BCUT2D eigenvalue weighted by atomic mass is 16.5. The van der Waals surface area contributed by atoms with Crippen molar-refractivity contribution in [3.05, 3.63) is 36.5 Å². The summed E-state index contributed by atoms with van der Waals surface area (Å²) in [7, 11) is 0. The molecule has 0 bridgehead atoms. The van der Waals surface area contributed by atoms with Crippen molar-refractivity contribution in [2.45, 2.75) is 309 Å². The van der Waals surface area contributed by atoms with Crippen molar-refractivity contribution < 1.29 is 24.5 Å². The molecule has 0 saturated carbocycles. The maximum Gasteiger partial charge on any atom is 0.306 e. The van der Waals surface area contributed by atoms with Gasteiger partial charge in [-0.15, -0.1) is 0 Å². The summed E-state index contributed by atoms with van der Waals surface area (Å²) >= 11 is 0. The summed E-state index contributed by atoms with van der Waals surface area (Å²) in [6.45, 7) is 6.48. The summed E-state index contributed by atoms with van der Waals surface area (Å²) in [4.78, 5) is 26.2. The van der Waals surface area contributed by atoms with E-state index in [1.165, 1.54) is 167 Å². The van der Waals surface area contributed by atoms with Gasteiger partial charge in [0.05, 0.1) is 25.2 Å². The molecular weight excluding hydrogens is 779 g/mol. The minimum Gasteiger partial charge on any atom is -0.462 e. The number of carbonyl (C=O) groups excluding carboxylic acids is 2. The van der Waals surface area contributed by atoms with Gasteiger partial charge in [-0.1, -0.05) is 237 Å². The fraction of sp³-hybridized carbons (Fsp3) is 0.860. The molecular formula is C57H107NO5. The molecule has 0 aromatic heterocycles. The van der Waals surface area contributed by atoms with E-state index in [9.17, 15) is 19.8 Å². The van der Waals surface area contributed by atoms with Crippen LogP contribution in [0.15, 0.2) is 36.5 Å². The molecule has 3 atom stereocenters. The number of esters is 1. The van der Waals surface area contributed by atoms with Gasteiger partial charge in [-0.05, 0) is 77.0 Å². The van der Waals surface area contributed by atoms with Gasteiger partial charge in [0.1, 0.15) is 6.10 Å². The summed E-state index contributed by atoms with van der Waals surface area (Å²) < 4.78 is 5.94. The molecule has 63 heavy (non-hydrogen) atoms. The minimum absolute atomic E-state index is 0.0680. The monoisotopic (exact) mass is 886 g/mol. The molecule has 0 radical (unpaired) electrons. The number of hydrogen-bond acceptors (Lipinski definition) is 5. The standard InChI is InChI=1S/C57H107NO5/c1-4-7-10-13-16-19-22-25-26-27-28-29-32-35-38-41-44-47-50-57(62)63-53(48-45-42-39-36-33-30-23-20-17-14-11-8-5-2)51-56(61)58-54(52-59)55(60)49-46-43-40-37-34-31-24-21-18-15-12-9-6-3/h20,23,26-29,53-55,59-60H,4-19,21-22,24-25,30-52H2,1-3H3,(H,58,61)/b23-20-,27-26+,29-28+. The van der Waals surface area contributed by atoms with E-state index in [0.29, 0.717) is 19.3 Å². The molecule has 6 nitrogen and oxygen atoms in total. The second kappa shape index (κ2) is 51.1. The molecule has 0 saturated heterocycles. The van der Waals surface area contributed by atoms with Crippen LogP contribution < -0.4 is 5.32 Å². The highest BCUT2D eigenvalue weighted by Crippen LogP contribution is 2.18. The van der Waals surface area contributed by atoms with E-state index < -0.39 is 18.2 Å². The molecule has 6 heteroatoms. The Morgan fingerprint density at radius 3 is 1.24 bits per heavy atom. The van der Waals surface area contributed by atoms with Crippen molar-refractivity contribution in [1.82, 2.24) is 5.32 Å². The summed E-state index contributed by atoms with van der Waals surface area (Å²) in [6, 6.07) is -0.705. The van der Waals surface area contributed by atoms with Crippen molar-refractivity contribution in [2.75, 3.05) is 6.61 Å². The minimum atomic E-state index is -0.791. The van der Waals surface area contributed by atoms with Crippen molar-refractivity contribution in [3.8, 4) is 0 Å². The van der Waals surface area contributed by atoms with Crippen LogP contribution in [0.5, 0.6) is 0 Å². The Morgan fingerprint density at radius 1 is 0.460 bits per heavy atom. The van der Waals surface area contributed by atoms with Crippen molar-refractivity contribution in [2.24, 2.45) is 0 Å². The van der Waals surface area contributed by atoms with E-state index in [1.54, 1.807) is 0 Å². The van der Waals surface area contributed by atoms with Crippen LogP contribution in [-0.4, -0.2) is 46.9 Å². The number of aliphatic hydroxyl groups excluding tert-OH is 2. The van der Waals surface area contributed by atoms with Crippen LogP contribution >= 0.6 is 0 Å². The third-order valence-electron chi connectivity index (χ3n) is 12.7. The normalized spacial score (nSPS) is 13.4. The zero-order chi connectivity index (χ0) is 45.9. The van der Waals surface area contributed by atoms with Gasteiger partial charge in [0.25, 0.3) is 0 Å². The van der Waals surface area contributed by atoms with Gasteiger partial charge in [0.2, 0.25) is 5.91 Å². The Balaban J connectivity index is 4.56. The number of hydrogen-bond donors (Lipinski definition) is 3. The lowest BCUT2D eigenvalue weighted by Crippen LogP contribution is -2.46. The number of nitrogens with one attached hydrogen (secondary N) is 1. The van der Waals surface area contributed by atoms with E-state index in [2.05, 4.69) is 62.5 Å². The quantitative estimate of drug-likeness (QED) is 0.0245. The lowest BCUT2D eigenvalue weighted by atomic mass is 10.0. The molecule has 0 spiro atoms. The zero-order valence-corrected chi connectivity index (χ0v) is 42.2. The molecule has 0 fully saturated rings. The molecule has 0 heterocycles. The third-order valence-corrected chi connectivity index (χ3v) is 12.7. The van der Waals surface area contributed by atoms with Gasteiger partial charge in [-0.3, -0.25) is 9.59 Å². The number of unbranched alkanes of at least 4 members (excludes halogenated alkanes) is 33. The van der Waals surface area contributed by atoms with Crippen LogP contribution in [-0.2, 0) is 14.3 Å². The Kier molecular flexibility index (Phi) is 49.5. The van der Waals surface area contributed by atoms with E-state index in [0.717, 1.165) is 77.0 Å². The highest BCUT2D eigenvalue weighted by Gasteiger charge is 2.24. The summed E-state index contributed by atoms with van der Waals surface area (Å²) in [5.74, 6) is -0.489. The fourth-order valence-electron chi connectivity index (χ4n) is 8.48. The number of ether oxygens (including phenoxy) is 1. The van der Waals surface area contributed by atoms with E-state index >= 15 is 0 Å². The number of rotatable bonds is 50. The van der Waals surface area contributed by atoms with Crippen LogP contribution in [0.3, 0.4) is 0 Å². The van der Waals surface area contributed by atoms with Gasteiger partial charge < -0.3 is 20.3 Å². The first-order chi connectivity index (χ1) is 31.0. The molecule has 1 amide bonds. The Morgan fingerprint density at radius 2 is 0.810 bits per heavy atom. The number of carbonyl (C=O) groups is 2. The second-order valence-electron chi connectivity index (χ2n) is 19.0. The number of aliphatic hydroxyl groups is 2. The molecule has 0 aliphatic heterocycles. The Hall–Kier alpha value is -1.92. The maximum atomic E-state index is 13.2. The van der Waals surface area contributed by atoms with Crippen molar-refractivity contribution >= 4 is 11.9 Å². The molecule has 370 valence electrons. The molecule has 3 unspecified atom stereocenters. The Bertz CT molecular complexity index is 1040. The van der Waals surface area contributed by atoms with Crippen LogP contribution in [0.4, 0.5) is 0 Å². The predicted octanol–water partition coefficient (Wildman–Crippen LogP) is 16.8. The maximum absolute atomic E-state index is 13.2. The lowest BCUT2D eigenvalue weighted by molar-refractivity contribution is -0.151. The number of allylic oxidation sites excluding steroid dienone is 6. The largest absolute Gasteiger partial charge is 0.462 e. The first-order valence-corrected chi connectivity index (χ1v) is 27.7. The smallest absolute Gasteiger partial charge is 0.306 e. The Labute approximate surface area is 392 Å². The topological polar surface area (TPSA) is 95.9 Å². The summed E-state index contributed by atoms with van der Waals surface area (Å²) in [5.41, 5.74) is 0. The van der Waals surface area contributed by atoms with Crippen LogP contribution in [0.2, 0.25) is 0 Å². The molecule has 0 aliphatic rings. The van der Waals surface area contributed by atoms with Gasteiger partial charge in [-0.2, -0.15) is 0 Å². The number of amides is 1. The van der Waals surface area contributed by atoms with Crippen LogP contribution in [0.25, 0.3) is 0 Å². The zero-order valence-electron chi connectivity index (χ0n) is 42.2. The summed E-state index contributed by atoms with van der Waals surface area (Å²) in [5, 5.41) is 23.8. The average Bonchev–Trinajstić information content (AvgIpc) is 3.28. The third kappa shape index (κ3) is 46.4. The fourth-order valence-corrected chi connectivity index (χ4v) is 8.48. The highest BCUT2D eigenvalue weighted by molar-refractivity contribution is 5.77. The van der Waals surface area contributed by atoms with Crippen LogP contribution in [0, 0.1) is 0 Å². The van der Waals surface area contributed by atoms with Crippen molar-refractivity contribution in [1.29, 1.82) is 0 Å². The van der Waals surface area contributed by atoms with E-state index in [1.807, 2.05) is 0 Å². The van der Waals surface area contributed by atoms with Gasteiger partial charge >= 0.3 is 5.97 Å².